The van der Waals surface area contributed by atoms with Gasteiger partial charge in [-0.3, -0.25) is 28.8 Å². The molecule has 0 heterocycles. The summed E-state index contributed by atoms with van der Waals surface area (Å²) in [5.74, 6) is -4.36. The van der Waals surface area contributed by atoms with E-state index in [4.69, 9.17) is 21.7 Å². The number of Topliss-reactive ketones (excluding diaryl/α,β-unsaturated/α-hetero) is 2. The summed E-state index contributed by atoms with van der Waals surface area (Å²) < 4.78 is 0. The van der Waals surface area contributed by atoms with Crippen LogP contribution >= 0.6 is 0 Å². The normalized spacial score (nSPS) is 12.7. The molecule has 1 aromatic carbocycles. The summed E-state index contributed by atoms with van der Waals surface area (Å²) in [5.41, 5.74) is 11.1. The molecule has 1 rings (SSSR count). The molecule has 2 unspecified atom stereocenters. The fraction of sp³-hybridized carbons (Fsp3) is 0.613. The van der Waals surface area contributed by atoms with Gasteiger partial charge in [0.25, 0.3) is 0 Å². The number of nitrogens with two attached hydrogens (primary N) is 2. The van der Waals surface area contributed by atoms with Crippen molar-refractivity contribution in [2.24, 2.45) is 29.2 Å². The Morgan fingerprint density at radius 2 is 1.17 bits per heavy atom. The van der Waals surface area contributed by atoms with Gasteiger partial charge in [0.05, 0.1) is 11.8 Å². The Hall–Kier alpha value is -3.56. The summed E-state index contributed by atoms with van der Waals surface area (Å²) >= 11 is 0. The third-order valence-corrected chi connectivity index (χ3v) is 7.04. The smallest absolute Gasteiger partial charge is 0.306 e. The van der Waals surface area contributed by atoms with E-state index in [-0.39, 0.29) is 50.1 Å². The van der Waals surface area contributed by atoms with Crippen LogP contribution in [0, 0.1) is 17.8 Å². The number of hydrogen-bond donors (Lipinski definition) is 4. The van der Waals surface area contributed by atoms with E-state index in [1.807, 2.05) is 30.3 Å². The van der Waals surface area contributed by atoms with Crippen molar-refractivity contribution in [1.29, 1.82) is 0 Å². The van der Waals surface area contributed by atoms with Crippen LogP contribution in [0.2, 0.25) is 0 Å². The van der Waals surface area contributed by atoms with E-state index >= 15 is 0 Å². The van der Waals surface area contributed by atoms with Gasteiger partial charge in [-0.15, -0.1) is 0 Å². The Bertz CT molecular complexity index is 964. The second kappa shape index (κ2) is 22.2. The second-order valence-electron chi connectivity index (χ2n) is 10.5. The number of aliphatic carboxylic acids is 2. The molecule has 230 valence electrons. The summed E-state index contributed by atoms with van der Waals surface area (Å²) in [6.45, 7) is 4.27. The number of aryl methyl sites for hydroxylation is 1. The van der Waals surface area contributed by atoms with Crippen molar-refractivity contribution in [2.45, 2.75) is 104 Å². The Morgan fingerprint density at radius 1 is 0.683 bits per heavy atom. The number of ketones is 2. The number of primary amides is 2. The third kappa shape index (κ3) is 20.0. The van der Waals surface area contributed by atoms with Crippen molar-refractivity contribution in [2.75, 3.05) is 0 Å². The highest BCUT2D eigenvalue weighted by Crippen LogP contribution is 2.21. The molecule has 1 aromatic rings. The highest BCUT2D eigenvalue weighted by atomic mass is 16.4. The van der Waals surface area contributed by atoms with E-state index in [0.717, 1.165) is 31.2 Å². The quantitative estimate of drug-likeness (QED) is 0.155. The number of carbonyl (C=O) groups is 6. The SMILES string of the molecule is CCCCC(CC)CCC(=O)CC(CCC(N)=O)C(=O)O.NC(=O)CC[C@H](CC(=O)CCc1ccccc1)C(=O)O. The number of amides is 2. The van der Waals surface area contributed by atoms with Crippen molar-refractivity contribution >= 4 is 35.3 Å². The first-order valence-corrected chi connectivity index (χ1v) is 14.5. The van der Waals surface area contributed by atoms with E-state index in [0.29, 0.717) is 25.2 Å². The molecule has 10 heteroatoms. The minimum Gasteiger partial charge on any atom is -0.481 e. The van der Waals surface area contributed by atoms with E-state index in [9.17, 15) is 28.8 Å². The topological polar surface area (TPSA) is 195 Å². The number of carboxylic acids is 2. The highest BCUT2D eigenvalue weighted by Gasteiger charge is 2.23. The average molecular weight is 577 g/mol. The molecule has 3 atom stereocenters. The fourth-order valence-electron chi connectivity index (χ4n) is 4.35. The Balaban J connectivity index is 0.000000781. The number of rotatable bonds is 22. The summed E-state index contributed by atoms with van der Waals surface area (Å²) in [6.07, 6.45) is 6.89. The van der Waals surface area contributed by atoms with Crippen molar-refractivity contribution < 1.29 is 39.0 Å². The van der Waals surface area contributed by atoms with Crippen LogP contribution in [0.1, 0.15) is 103 Å². The van der Waals surface area contributed by atoms with Crippen LogP contribution in [0.3, 0.4) is 0 Å². The molecule has 0 aliphatic rings. The summed E-state index contributed by atoms with van der Waals surface area (Å²) in [7, 11) is 0. The summed E-state index contributed by atoms with van der Waals surface area (Å²) in [6, 6.07) is 9.54. The third-order valence-electron chi connectivity index (χ3n) is 7.04. The van der Waals surface area contributed by atoms with Crippen molar-refractivity contribution in [3.8, 4) is 0 Å². The standard InChI is InChI=1S/C16H29NO4.C15H19NO4/c1-3-5-6-12(4-2)7-9-14(18)11-13(16(20)21)8-10-15(17)19;16-14(18)9-7-12(15(19)20)10-13(17)8-6-11-4-2-1-3-5-11/h12-13H,3-11H2,1-2H3,(H2,17,19)(H,20,21);1-5,12H,6-10H2,(H2,16,18)(H,19,20)/t;12-/m.1/s1. The zero-order valence-electron chi connectivity index (χ0n) is 24.5. The van der Waals surface area contributed by atoms with E-state index in [1.165, 1.54) is 6.42 Å². The van der Waals surface area contributed by atoms with Crippen molar-refractivity contribution in [3.05, 3.63) is 35.9 Å². The molecule has 0 spiro atoms. The molecule has 0 saturated carbocycles. The summed E-state index contributed by atoms with van der Waals surface area (Å²) in [5, 5.41) is 18.1. The molecule has 0 aliphatic carbocycles. The van der Waals surface area contributed by atoms with Gasteiger partial charge >= 0.3 is 11.9 Å². The van der Waals surface area contributed by atoms with Crippen LogP contribution in [0.25, 0.3) is 0 Å². The number of carbonyl (C=O) groups excluding carboxylic acids is 4. The first-order valence-electron chi connectivity index (χ1n) is 14.5. The predicted octanol–water partition coefficient (Wildman–Crippen LogP) is 4.45. The first kappa shape index (κ1) is 37.4. The van der Waals surface area contributed by atoms with Gasteiger partial charge in [-0.25, -0.2) is 0 Å². The number of unbranched alkanes of at least 4 members (excludes halogenated alkanes) is 1. The lowest BCUT2D eigenvalue weighted by molar-refractivity contribution is -0.144. The lowest BCUT2D eigenvalue weighted by Crippen LogP contribution is -2.21. The first-order chi connectivity index (χ1) is 19.4. The van der Waals surface area contributed by atoms with Crippen molar-refractivity contribution in [1.82, 2.24) is 0 Å². The number of benzene rings is 1. The molecule has 0 fully saturated rings. The van der Waals surface area contributed by atoms with Gasteiger partial charge in [-0.2, -0.15) is 0 Å². The minimum absolute atomic E-state index is 0.00677. The lowest BCUT2D eigenvalue weighted by atomic mass is 9.90. The molecular formula is C31H48N2O8. The maximum Gasteiger partial charge on any atom is 0.306 e. The molecule has 41 heavy (non-hydrogen) atoms. The van der Waals surface area contributed by atoms with Crippen LogP contribution in [0.15, 0.2) is 30.3 Å². The number of hydrogen-bond acceptors (Lipinski definition) is 6. The van der Waals surface area contributed by atoms with Crippen LogP contribution in [0.5, 0.6) is 0 Å². The maximum absolute atomic E-state index is 11.9. The van der Waals surface area contributed by atoms with Crippen LogP contribution < -0.4 is 11.5 Å². The average Bonchev–Trinajstić information content (AvgIpc) is 2.92. The Kier molecular flexibility index (Phi) is 20.2. The molecule has 6 N–H and O–H groups in total. The fourth-order valence-corrected chi connectivity index (χ4v) is 4.35. The molecule has 0 bridgehead atoms. The van der Waals surface area contributed by atoms with E-state index < -0.39 is 35.6 Å². The Labute approximate surface area is 243 Å². The van der Waals surface area contributed by atoms with Crippen LogP contribution in [0.4, 0.5) is 0 Å². The van der Waals surface area contributed by atoms with E-state index in [2.05, 4.69) is 13.8 Å². The van der Waals surface area contributed by atoms with Gasteiger partial charge in [-0.05, 0) is 37.2 Å². The molecule has 0 aliphatic heterocycles. The van der Waals surface area contributed by atoms with Gasteiger partial charge in [-0.1, -0.05) is 69.9 Å². The highest BCUT2D eigenvalue weighted by molar-refractivity contribution is 5.85. The van der Waals surface area contributed by atoms with Gasteiger partial charge in [0, 0.05) is 38.5 Å². The van der Waals surface area contributed by atoms with Gasteiger partial charge in [0.15, 0.2) is 0 Å². The molecule has 2 amide bonds. The zero-order chi connectivity index (χ0) is 31.2. The van der Waals surface area contributed by atoms with Crippen molar-refractivity contribution in [3.63, 3.8) is 0 Å². The monoisotopic (exact) mass is 576 g/mol. The van der Waals surface area contributed by atoms with Gasteiger partial charge in [0.2, 0.25) is 11.8 Å². The lowest BCUT2D eigenvalue weighted by Gasteiger charge is -2.15. The molecule has 0 radical (unpaired) electrons. The molecule has 10 nitrogen and oxygen atoms in total. The Morgan fingerprint density at radius 3 is 1.59 bits per heavy atom. The minimum atomic E-state index is -1.06. The zero-order valence-corrected chi connectivity index (χ0v) is 24.5. The molecule has 0 aromatic heterocycles. The van der Waals surface area contributed by atoms with Crippen LogP contribution in [-0.2, 0) is 35.2 Å². The summed E-state index contributed by atoms with van der Waals surface area (Å²) in [4.78, 5) is 67.2. The van der Waals surface area contributed by atoms with E-state index in [1.54, 1.807) is 0 Å². The predicted molar refractivity (Wildman–Crippen MR) is 156 cm³/mol. The second-order valence-corrected chi connectivity index (χ2v) is 10.5. The maximum atomic E-state index is 11.9. The molecular weight excluding hydrogens is 528 g/mol. The van der Waals surface area contributed by atoms with Gasteiger partial charge < -0.3 is 21.7 Å². The van der Waals surface area contributed by atoms with Crippen LogP contribution in [-0.4, -0.2) is 45.5 Å². The molecule has 0 saturated heterocycles. The largest absolute Gasteiger partial charge is 0.481 e. The van der Waals surface area contributed by atoms with Gasteiger partial charge in [0.1, 0.15) is 11.6 Å². The number of carboxylic acid groups (broad SMARTS) is 2.